The van der Waals surface area contributed by atoms with Gasteiger partial charge in [-0.3, -0.25) is 9.59 Å². The van der Waals surface area contributed by atoms with Crippen molar-refractivity contribution < 1.29 is 22.7 Å². The van der Waals surface area contributed by atoms with E-state index in [1.807, 2.05) is 0 Å². The molecule has 0 aliphatic carbocycles. The Balaban J connectivity index is 3.19. The lowest BCUT2D eigenvalue weighted by molar-refractivity contribution is -0.276. The van der Waals surface area contributed by atoms with Gasteiger partial charge in [-0.2, -0.15) is 0 Å². The molecule has 0 unspecified atom stereocenters. The van der Waals surface area contributed by atoms with Gasteiger partial charge in [0.15, 0.2) is 6.29 Å². The first-order valence-corrected chi connectivity index (χ1v) is 4.55. The van der Waals surface area contributed by atoms with Crippen LogP contribution in [0.4, 0.5) is 13.2 Å². The zero-order valence-corrected chi connectivity index (χ0v) is 9.05. The van der Waals surface area contributed by atoms with Gasteiger partial charge in [-0.15, -0.1) is 13.2 Å². The SMILES string of the molecule is O=Cc1c[nH]c(OC(F)(F)F)c(I)c1=O. The van der Waals surface area contributed by atoms with E-state index in [2.05, 4.69) is 9.72 Å². The van der Waals surface area contributed by atoms with E-state index in [9.17, 15) is 22.8 Å². The molecule has 1 aromatic heterocycles. The molecule has 0 spiro atoms. The van der Waals surface area contributed by atoms with E-state index >= 15 is 0 Å². The van der Waals surface area contributed by atoms with Crippen molar-refractivity contribution in [3.05, 3.63) is 25.6 Å². The van der Waals surface area contributed by atoms with Gasteiger partial charge in [0, 0.05) is 6.20 Å². The summed E-state index contributed by atoms with van der Waals surface area (Å²) >= 11 is 1.37. The number of carbonyl (C=O) groups is 1. The Morgan fingerprint density at radius 2 is 2.07 bits per heavy atom. The smallest absolute Gasteiger partial charge is 0.389 e. The lowest BCUT2D eigenvalue weighted by Crippen LogP contribution is -2.22. The second-order valence-electron chi connectivity index (χ2n) is 2.38. The molecule has 1 rings (SSSR count). The fraction of sp³-hybridized carbons (Fsp3) is 0.143. The Kier molecular flexibility index (Phi) is 3.37. The highest BCUT2D eigenvalue weighted by molar-refractivity contribution is 14.1. The van der Waals surface area contributed by atoms with E-state index in [1.165, 1.54) is 22.6 Å². The first kappa shape index (κ1) is 12.0. The molecule has 82 valence electrons. The molecule has 0 atom stereocenters. The van der Waals surface area contributed by atoms with Gasteiger partial charge < -0.3 is 9.72 Å². The predicted octanol–water partition coefficient (Wildman–Crippen LogP) is 1.69. The molecule has 0 aromatic carbocycles. The number of aromatic amines is 1. The molecule has 1 N–H and O–H groups in total. The summed E-state index contributed by atoms with van der Waals surface area (Å²) in [6, 6.07) is 0. The maximum atomic E-state index is 11.8. The van der Waals surface area contributed by atoms with Crippen molar-refractivity contribution in [1.82, 2.24) is 4.98 Å². The molecule has 0 bridgehead atoms. The zero-order valence-electron chi connectivity index (χ0n) is 6.89. The van der Waals surface area contributed by atoms with Crippen molar-refractivity contribution in [2.75, 3.05) is 0 Å². The number of hydrogen-bond donors (Lipinski definition) is 1. The fourth-order valence-electron chi connectivity index (χ4n) is 0.780. The average Bonchev–Trinajstić information content (AvgIpc) is 2.11. The topological polar surface area (TPSA) is 59.2 Å². The Morgan fingerprint density at radius 3 is 2.53 bits per heavy atom. The third-order valence-electron chi connectivity index (χ3n) is 1.36. The highest BCUT2D eigenvalue weighted by Gasteiger charge is 2.32. The predicted molar refractivity (Wildman–Crippen MR) is 51.9 cm³/mol. The maximum absolute atomic E-state index is 11.8. The molecule has 8 heteroatoms. The van der Waals surface area contributed by atoms with Crippen LogP contribution in [0.25, 0.3) is 0 Å². The van der Waals surface area contributed by atoms with Crippen molar-refractivity contribution in [3.63, 3.8) is 0 Å². The minimum Gasteiger partial charge on any atom is -0.389 e. The first-order valence-electron chi connectivity index (χ1n) is 3.47. The van der Waals surface area contributed by atoms with Crippen molar-refractivity contribution in [2.45, 2.75) is 6.36 Å². The van der Waals surface area contributed by atoms with E-state index in [0.717, 1.165) is 6.20 Å². The molecular formula is C7H3F3INO3. The standard InChI is InChI=1S/C7H3F3INO3/c8-7(9,10)15-6-4(11)5(14)3(2-13)1-12-6/h1-2H,(H,12,14). The highest BCUT2D eigenvalue weighted by atomic mass is 127. The monoisotopic (exact) mass is 333 g/mol. The van der Waals surface area contributed by atoms with Crippen LogP contribution in [0.15, 0.2) is 11.0 Å². The molecular weight excluding hydrogens is 330 g/mol. The maximum Gasteiger partial charge on any atom is 0.574 e. The number of hydrogen-bond acceptors (Lipinski definition) is 3. The second kappa shape index (κ2) is 4.21. The number of halogens is 4. The summed E-state index contributed by atoms with van der Waals surface area (Å²) in [4.78, 5) is 23.6. The Bertz CT molecular complexity index is 440. The Labute approximate surface area is 94.6 Å². The number of aromatic nitrogens is 1. The Hall–Kier alpha value is -1.06. The van der Waals surface area contributed by atoms with Crippen LogP contribution in [0.1, 0.15) is 10.4 Å². The zero-order chi connectivity index (χ0) is 11.6. The number of nitrogens with one attached hydrogen (secondary N) is 1. The molecule has 0 radical (unpaired) electrons. The molecule has 0 aliphatic heterocycles. The van der Waals surface area contributed by atoms with E-state index in [4.69, 9.17) is 0 Å². The lowest BCUT2D eigenvalue weighted by Gasteiger charge is -2.09. The van der Waals surface area contributed by atoms with E-state index < -0.39 is 17.7 Å². The fourth-order valence-corrected chi connectivity index (χ4v) is 1.36. The van der Waals surface area contributed by atoms with Gasteiger partial charge in [0.05, 0.1) is 5.56 Å². The van der Waals surface area contributed by atoms with Crippen LogP contribution in [-0.4, -0.2) is 17.6 Å². The van der Waals surface area contributed by atoms with E-state index in [-0.39, 0.29) is 15.4 Å². The number of ether oxygens (including phenoxy) is 1. The minimum atomic E-state index is -4.88. The number of alkyl halides is 3. The lowest BCUT2D eigenvalue weighted by atomic mass is 10.3. The summed E-state index contributed by atoms with van der Waals surface area (Å²) in [6.07, 6.45) is -3.78. The van der Waals surface area contributed by atoms with Crippen LogP contribution in [-0.2, 0) is 0 Å². The third kappa shape index (κ3) is 2.94. The molecule has 0 amide bonds. The van der Waals surface area contributed by atoms with Gasteiger partial charge in [0.1, 0.15) is 3.57 Å². The summed E-state index contributed by atoms with van der Waals surface area (Å²) in [5.74, 6) is -0.723. The van der Waals surface area contributed by atoms with Gasteiger partial charge in [0.25, 0.3) is 0 Å². The number of carbonyl (C=O) groups excluding carboxylic acids is 1. The van der Waals surface area contributed by atoms with Gasteiger partial charge >= 0.3 is 6.36 Å². The second-order valence-corrected chi connectivity index (χ2v) is 3.46. The van der Waals surface area contributed by atoms with Crippen LogP contribution in [0.3, 0.4) is 0 Å². The van der Waals surface area contributed by atoms with Gasteiger partial charge in [0.2, 0.25) is 11.3 Å². The van der Waals surface area contributed by atoms with Crippen molar-refractivity contribution in [3.8, 4) is 5.88 Å². The Morgan fingerprint density at radius 1 is 1.47 bits per heavy atom. The molecule has 0 saturated carbocycles. The molecule has 0 aliphatic rings. The van der Waals surface area contributed by atoms with Crippen molar-refractivity contribution in [1.29, 1.82) is 0 Å². The quantitative estimate of drug-likeness (QED) is 0.662. The molecule has 0 saturated heterocycles. The van der Waals surface area contributed by atoms with Gasteiger partial charge in [-0.1, -0.05) is 0 Å². The summed E-state index contributed by atoms with van der Waals surface area (Å²) in [5.41, 5.74) is -1.06. The number of H-pyrrole nitrogens is 1. The van der Waals surface area contributed by atoms with Crippen LogP contribution in [0, 0.1) is 3.57 Å². The first-order chi connectivity index (χ1) is 6.85. The molecule has 0 fully saturated rings. The molecule has 1 aromatic rings. The van der Waals surface area contributed by atoms with Crippen LogP contribution in [0.2, 0.25) is 0 Å². The minimum absolute atomic E-state index is 0.248. The van der Waals surface area contributed by atoms with E-state index in [0.29, 0.717) is 0 Å². The molecule has 4 nitrogen and oxygen atoms in total. The number of rotatable bonds is 2. The summed E-state index contributed by atoms with van der Waals surface area (Å²) in [5, 5.41) is 0. The van der Waals surface area contributed by atoms with Gasteiger partial charge in [-0.25, -0.2) is 0 Å². The van der Waals surface area contributed by atoms with Crippen molar-refractivity contribution in [2.24, 2.45) is 0 Å². The van der Waals surface area contributed by atoms with Crippen LogP contribution < -0.4 is 10.2 Å². The van der Waals surface area contributed by atoms with Gasteiger partial charge in [-0.05, 0) is 22.6 Å². The summed E-state index contributed by atoms with van der Waals surface area (Å²) < 4.78 is 38.7. The average molecular weight is 333 g/mol. The third-order valence-corrected chi connectivity index (χ3v) is 2.34. The molecule has 15 heavy (non-hydrogen) atoms. The van der Waals surface area contributed by atoms with Crippen LogP contribution in [0.5, 0.6) is 5.88 Å². The van der Waals surface area contributed by atoms with E-state index in [1.54, 1.807) is 0 Å². The van der Waals surface area contributed by atoms with Crippen molar-refractivity contribution >= 4 is 28.9 Å². The normalized spacial score (nSPS) is 11.2. The highest BCUT2D eigenvalue weighted by Crippen LogP contribution is 2.23. The summed E-state index contributed by atoms with van der Waals surface area (Å²) in [7, 11) is 0. The molecule has 1 heterocycles. The number of pyridine rings is 1. The largest absolute Gasteiger partial charge is 0.574 e. The summed E-state index contributed by atoms with van der Waals surface area (Å²) in [6.45, 7) is 0. The van der Waals surface area contributed by atoms with Crippen LogP contribution >= 0.6 is 22.6 Å². The number of aldehydes is 1.